The summed E-state index contributed by atoms with van der Waals surface area (Å²) in [4.78, 5) is 16.9. The summed E-state index contributed by atoms with van der Waals surface area (Å²) in [5.74, 6) is -0.330. The number of amides is 1. The molecule has 0 saturated carbocycles. The molecule has 0 bridgehead atoms. The highest BCUT2D eigenvalue weighted by atomic mass is 19.1. The number of hydrogen-bond acceptors (Lipinski definition) is 2. The van der Waals surface area contributed by atoms with Crippen molar-refractivity contribution < 1.29 is 9.18 Å². The van der Waals surface area contributed by atoms with Crippen LogP contribution in [-0.4, -0.2) is 42.4 Å². The fourth-order valence-corrected chi connectivity index (χ4v) is 3.08. The van der Waals surface area contributed by atoms with Crippen molar-refractivity contribution in [2.75, 3.05) is 26.7 Å². The number of carbonyl (C=O) groups excluding carboxylic acids is 1. The Labute approximate surface area is 136 Å². The predicted molar refractivity (Wildman–Crippen MR) is 88.5 cm³/mol. The predicted octanol–water partition coefficient (Wildman–Crippen LogP) is 2.88. The molecule has 0 aliphatic carbocycles. The lowest BCUT2D eigenvalue weighted by Crippen LogP contribution is -2.49. The monoisotopic (exact) mass is 312 g/mol. The molecule has 2 aromatic carbocycles. The third kappa shape index (κ3) is 3.59. The minimum atomic E-state index is -0.314. The smallest absolute Gasteiger partial charge is 0.227 e. The Bertz CT molecular complexity index is 674. The summed E-state index contributed by atoms with van der Waals surface area (Å²) >= 11 is 0. The van der Waals surface area contributed by atoms with Crippen LogP contribution < -0.4 is 0 Å². The van der Waals surface area contributed by atoms with E-state index in [0.717, 1.165) is 18.7 Å². The molecule has 0 unspecified atom stereocenters. The molecule has 1 aliphatic heterocycles. The zero-order valence-electron chi connectivity index (χ0n) is 13.3. The van der Waals surface area contributed by atoms with Crippen molar-refractivity contribution in [2.24, 2.45) is 0 Å². The highest BCUT2D eigenvalue weighted by molar-refractivity contribution is 5.79. The molecule has 0 N–H and O–H groups in total. The lowest BCUT2D eigenvalue weighted by molar-refractivity contribution is -0.135. The van der Waals surface area contributed by atoms with Gasteiger partial charge >= 0.3 is 0 Å². The summed E-state index contributed by atoms with van der Waals surface area (Å²) in [7, 11) is 2.06. The van der Waals surface area contributed by atoms with Gasteiger partial charge in [0.25, 0.3) is 0 Å². The van der Waals surface area contributed by atoms with Crippen LogP contribution in [0.3, 0.4) is 0 Å². The summed E-state index contributed by atoms with van der Waals surface area (Å²) in [6.07, 6.45) is 0.111. The van der Waals surface area contributed by atoms with Crippen LogP contribution >= 0.6 is 0 Å². The number of carbonyl (C=O) groups is 1. The zero-order chi connectivity index (χ0) is 16.2. The first-order chi connectivity index (χ1) is 11.1. The summed E-state index contributed by atoms with van der Waals surface area (Å²) in [5, 5.41) is 0. The Kier molecular flexibility index (Phi) is 4.72. The van der Waals surface area contributed by atoms with Crippen molar-refractivity contribution in [2.45, 2.75) is 12.5 Å². The van der Waals surface area contributed by atoms with Gasteiger partial charge in [-0.3, -0.25) is 4.79 Å². The van der Waals surface area contributed by atoms with Crippen LogP contribution in [0.25, 0.3) is 0 Å². The molecule has 3 rings (SSSR count). The van der Waals surface area contributed by atoms with E-state index in [1.54, 1.807) is 18.2 Å². The lowest BCUT2D eigenvalue weighted by atomic mass is 10.0. The summed E-state index contributed by atoms with van der Waals surface area (Å²) < 4.78 is 13.8. The fourth-order valence-electron chi connectivity index (χ4n) is 3.08. The van der Waals surface area contributed by atoms with Gasteiger partial charge in [0.05, 0.1) is 12.5 Å². The highest BCUT2D eigenvalue weighted by Gasteiger charge is 2.30. The molecule has 120 valence electrons. The quantitative estimate of drug-likeness (QED) is 0.870. The average Bonchev–Trinajstić information content (AvgIpc) is 2.57. The number of benzene rings is 2. The van der Waals surface area contributed by atoms with Gasteiger partial charge in [0.1, 0.15) is 5.82 Å². The Balaban J connectivity index is 1.81. The van der Waals surface area contributed by atoms with Gasteiger partial charge in [-0.1, -0.05) is 48.5 Å². The standard InChI is InChI=1S/C19H21FN2O/c1-21-11-12-22(18(14-21)15-7-3-2-4-8-15)19(23)13-16-9-5-6-10-17(16)20/h2-10,18H,11-14H2,1H3/t18-/m1/s1. The molecule has 0 spiro atoms. The maximum Gasteiger partial charge on any atom is 0.227 e. The van der Waals surface area contributed by atoms with E-state index in [1.807, 2.05) is 35.2 Å². The number of hydrogen-bond donors (Lipinski definition) is 0. The van der Waals surface area contributed by atoms with Crippen LogP contribution in [-0.2, 0) is 11.2 Å². The van der Waals surface area contributed by atoms with Crippen molar-refractivity contribution in [3.8, 4) is 0 Å². The SMILES string of the molecule is CN1CCN(C(=O)Cc2ccccc2F)[C@@H](c2ccccc2)C1. The van der Waals surface area contributed by atoms with Crippen LogP contribution in [0.15, 0.2) is 54.6 Å². The van der Waals surface area contributed by atoms with Gasteiger partial charge in [0.15, 0.2) is 0 Å². The summed E-state index contributed by atoms with van der Waals surface area (Å²) in [5.41, 5.74) is 1.59. The van der Waals surface area contributed by atoms with E-state index in [2.05, 4.69) is 11.9 Å². The summed E-state index contributed by atoms with van der Waals surface area (Å²) in [6.45, 7) is 2.31. The van der Waals surface area contributed by atoms with E-state index in [1.165, 1.54) is 6.07 Å². The third-order valence-electron chi connectivity index (χ3n) is 4.39. The van der Waals surface area contributed by atoms with Crippen LogP contribution in [0.5, 0.6) is 0 Å². The molecule has 1 saturated heterocycles. The molecule has 4 heteroatoms. The minimum absolute atomic E-state index is 0.0166. The van der Waals surface area contributed by atoms with E-state index in [9.17, 15) is 9.18 Å². The van der Waals surface area contributed by atoms with Crippen LogP contribution in [0.2, 0.25) is 0 Å². The second-order valence-electron chi connectivity index (χ2n) is 6.04. The first-order valence-electron chi connectivity index (χ1n) is 7.91. The molecule has 1 heterocycles. The van der Waals surface area contributed by atoms with Gasteiger partial charge in [-0.15, -0.1) is 0 Å². The lowest BCUT2D eigenvalue weighted by Gasteiger charge is -2.40. The first kappa shape index (κ1) is 15.7. The molecule has 0 radical (unpaired) electrons. The highest BCUT2D eigenvalue weighted by Crippen LogP contribution is 2.25. The molecule has 0 aromatic heterocycles. The van der Waals surface area contributed by atoms with Gasteiger partial charge < -0.3 is 9.80 Å². The number of rotatable bonds is 3. The van der Waals surface area contributed by atoms with Crippen molar-refractivity contribution in [3.05, 3.63) is 71.5 Å². The van der Waals surface area contributed by atoms with E-state index in [4.69, 9.17) is 0 Å². The van der Waals surface area contributed by atoms with E-state index >= 15 is 0 Å². The van der Waals surface area contributed by atoms with E-state index < -0.39 is 0 Å². The average molecular weight is 312 g/mol. The van der Waals surface area contributed by atoms with Crippen LogP contribution in [0.1, 0.15) is 17.2 Å². The molecule has 1 aliphatic rings. The fraction of sp³-hybridized carbons (Fsp3) is 0.316. The molecular weight excluding hydrogens is 291 g/mol. The number of halogens is 1. The van der Waals surface area contributed by atoms with Gasteiger partial charge in [0.2, 0.25) is 5.91 Å². The van der Waals surface area contributed by atoms with E-state index in [0.29, 0.717) is 12.1 Å². The normalized spacial score (nSPS) is 18.9. The molecule has 1 fully saturated rings. The first-order valence-corrected chi connectivity index (χ1v) is 7.91. The molecular formula is C19H21FN2O. The van der Waals surface area contributed by atoms with Gasteiger partial charge in [-0.05, 0) is 24.2 Å². The Morgan fingerprint density at radius 3 is 2.52 bits per heavy atom. The maximum atomic E-state index is 13.8. The number of piperazine rings is 1. The van der Waals surface area contributed by atoms with Crippen molar-refractivity contribution in [1.29, 1.82) is 0 Å². The molecule has 23 heavy (non-hydrogen) atoms. The van der Waals surface area contributed by atoms with Gasteiger partial charge in [-0.25, -0.2) is 4.39 Å². The van der Waals surface area contributed by atoms with E-state index in [-0.39, 0.29) is 24.2 Å². The molecule has 3 nitrogen and oxygen atoms in total. The van der Waals surface area contributed by atoms with Crippen molar-refractivity contribution in [1.82, 2.24) is 9.80 Å². The van der Waals surface area contributed by atoms with Crippen molar-refractivity contribution in [3.63, 3.8) is 0 Å². The Hall–Kier alpha value is -2.20. The maximum absolute atomic E-state index is 13.8. The Morgan fingerprint density at radius 2 is 1.78 bits per heavy atom. The summed E-state index contributed by atoms with van der Waals surface area (Å²) in [6, 6.07) is 16.6. The van der Waals surface area contributed by atoms with Crippen molar-refractivity contribution >= 4 is 5.91 Å². The van der Waals surface area contributed by atoms with Crippen LogP contribution in [0, 0.1) is 5.82 Å². The van der Waals surface area contributed by atoms with Crippen LogP contribution in [0.4, 0.5) is 4.39 Å². The molecule has 1 amide bonds. The molecule has 1 atom stereocenters. The minimum Gasteiger partial charge on any atom is -0.333 e. The molecule has 2 aromatic rings. The topological polar surface area (TPSA) is 23.6 Å². The second kappa shape index (κ2) is 6.92. The third-order valence-corrected chi connectivity index (χ3v) is 4.39. The Morgan fingerprint density at radius 1 is 1.09 bits per heavy atom. The second-order valence-corrected chi connectivity index (χ2v) is 6.04. The largest absolute Gasteiger partial charge is 0.333 e. The zero-order valence-corrected chi connectivity index (χ0v) is 13.3. The number of nitrogens with zero attached hydrogens (tertiary/aromatic N) is 2. The van der Waals surface area contributed by atoms with Gasteiger partial charge in [-0.2, -0.15) is 0 Å². The van der Waals surface area contributed by atoms with Gasteiger partial charge in [0, 0.05) is 19.6 Å². The number of likely N-dealkylation sites (N-methyl/N-ethyl adjacent to an activating group) is 1.